The van der Waals surface area contributed by atoms with Crippen LogP contribution in [0.1, 0.15) is 19.4 Å². The van der Waals surface area contributed by atoms with Gasteiger partial charge in [0.15, 0.2) is 0 Å². The van der Waals surface area contributed by atoms with E-state index in [0.717, 1.165) is 9.75 Å². The number of hydrogen-bond donors (Lipinski definition) is 1. The van der Waals surface area contributed by atoms with Gasteiger partial charge in [0.25, 0.3) is 0 Å². The minimum Gasteiger partial charge on any atom is -0.456 e. The fourth-order valence-electron chi connectivity index (χ4n) is 1.20. The van der Waals surface area contributed by atoms with Crippen molar-refractivity contribution in [1.82, 2.24) is 0 Å². The lowest BCUT2D eigenvalue weighted by Crippen LogP contribution is -2.02. The number of esters is 1. The topological polar surface area (TPSA) is 52.3 Å². The van der Waals surface area contributed by atoms with Gasteiger partial charge < -0.3 is 10.5 Å². The van der Waals surface area contributed by atoms with Crippen molar-refractivity contribution in [3.8, 4) is 0 Å². The number of nitrogen functional groups attached to an aromatic ring is 1. The van der Waals surface area contributed by atoms with Gasteiger partial charge in [-0.15, -0.1) is 22.7 Å². The monoisotopic (exact) mass is 253 g/mol. The van der Waals surface area contributed by atoms with E-state index in [1.807, 2.05) is 24.4 Å². The molecule has 2 aromatic rings. The Balaban J connectivity index is 1.98. The molecule has 5 heteroatoms. The first-order chi connectivity index (χ1) is 7.66. The third-order valence-corrected chi connectivity index (χ3v) is 3.98. The van der Waals surface area contributed by atoms with Crippen LogP contribution in [0.2, 0.25) is 0 Å². The maximum Gasteiger partial charge on any atom is 0.348 e. The molecule has 0 radical (unpaired) electrons. The van der Waals surface area contributed by atoms with Gasteiger partial charge in [0.1, 0.15) is 11.5 Å². The molecule has 0 aliphatic heterocycles. The van der Waals surface area contributed by atoms with Crippen molar-refractivity contribution < 1.29 is 9.53 Å². The van der Waals surface area contributed by atoms with Gasteiger partial charge in [0, 0.05) is 15.4 Å². The Hall–Kier alpha value is -1.33. The number of thiophene rings is 2. The zero-order chi connectivity index (χ0) is 11.5. The van der Waals surface area contributed by atoms with E-state index in [0.29, 0.717) is 17.2 Å². The summed E-state index contributed by atoms with van der Waals surface area (Å²) in [5.74, 6) is -0.307. The Morgan fingerprint density at radius 1 is 1.56 bits per heavy atom. The second-order valence-electron chi connectivity index (χ2n) is 3.28. The molecule has 0 spiro atoms. The largest absolute Gasteiger partial charge is 0.456 e. The minimum atomic E-state index is -0.307. The summed E-state index contributed by atoms with van der Waals surface area (Å²) in [6.07, 6.45) is 0. The number of rotatable bonds is 3. The van der Waals surface area contributed by atoms with Crippen molar-refractivity contribution in [3.05, 3.63) is 38.2 Å². The van der Waals surface area contributed by atoms with Crippen molar-refractivity contribution in [1.29, 1.82) is 0 Å². The standard InChI is InChI=1S/C11H11NO2S2/c1-7-9(12)5-10(16-7)11(13)14-6-8-3-2-4-15-8/h2-5H,6,12H2,1H3. The number of carbonyl (C=O) groups excluding carboxylic acids is 1. The van der Waals surface area contributed by atoms with Gasteiger partial charge in [-0.05, 0) is 24.4 Å². The fourth-order valence-corrected chi connectivity index (χ4v) is 2.65. The molecule has 2 rings (SSSR count). The molecule has 0 bridgehead atoms. The van der Waals surface area contributed by atoms with Crippen LogP contribution in [0.5, 0.6) is 0 Å². The van der Waals surface area contributed by atoms with Gasteiger partial charge in [-0.3, -0.25) is 0 Å². The number of anilines is 1. The molecule has 84 valence electrons. The summed E-state index contributed by atoms with van der Waals surface area (Å²) in [6, 6.07) is 5.53. The van der Waals surface area contributed by atoms with Gasteiger partial charge in [-0.2, -0.15) is 0 Å². The SMILES string of the molecule is Cc1sc(C(=O)OCc2cccs2)cc1N. The van der Waals surface area contributed by atoms with E-state index in [9.17, 15) is 4.79 Å². The molecule has 2 N–H and O–H groups in total. The number of aryl methyl sites for hydroxylation is 1. The quantitative estimate of drug-likeness (QED) is 0.855. The van der Waals surface area contributed by atoms with Crippen LogP contribution in [-0.2, 0) is 11.3 Å². The van der Waals surface area contributed by atoms with Gasteiger partial charge >= 0.3 is 5.97 Å². The second-order valence-corrected chi connectivity index (χ2v) is 5.57. The first-order valence-corrected chi connectivity index (χ1v) is 6.42. The molecular weight excluding hydrogens is 242 g/mol. The van der Waals surface area contributed by atoms with Crippen LogP contribution in [0.15, 0.2) is 23.6 Å². The number of carbonyl (C=O) groups is 1. The maximum atomic E-state index is 11.6. The van der Waals surface area contributed by atoms with Crippen molar-refractivity contribution in [2.75, 3.05) is 5.73 Å². The Labute approximate surface area is 101 Å². The molecule has 0 fully saturated rings. The van der Waals surface area contributed by atoms with Crippen molar-refractivity contribution >= 4 is 34.3 Å². The predicted octanol–water partition coefficient (Wildman–Crippen LogP) is 3.06. The smallest absolute Gasteiger partial charge is 0.348 e. The first-order valence-electron chi connectivity index (χ1n) is 4.72. The van der Waals surface area contributed by atoms with Crippen molar-refractivity contribution in [2.24, 2.45) is 0 Å². The highest BCUT2D eigenvalue weighted by Gasteiger charge is 2.12. The molecule has 0 saturated carbocycles. The highest BCUT2D eigenvalue weighted by atomic mass is 32.1. The summed E-state index contributed by atoms with van der Waals surface area (Å²) in [6.45, 7) is 2.21. The molecule has 0 saturated heterocycles. The third-order valence-electron chi connectivity index (χ3n) is 2.08. The van der Waals surface area contributed by atoms with E-state index >= 15 is 0 Å². The minimum absolute atomic E-state index is 0.307. The fraction of sp³-hybridized carbons (Fsp3) is 0.182. The zero-order valence-electron chi connectivity index (χ0n) is 8.73. The van der Waals surface area contributed by atoms with E-state index in [1.54, 1.807) is 17.4 Å². The summed E-state index contributed by atoms with van der Waals surface area (Å²) in [5.41, 5.74) is 6.32. The molecule has 0 unspecified atom stereocenters. The first kappa shape index (κ1) is 11.2. The lowest BCUT2D eigenvalue weighted by Gasteiger charge is -2.00. The van der Waals surface area contributed by atoms with E-state index in [4.69, 9.17) is 10.5 Å². The van der Waals surface area contributed by atoms with Crippen LogP contribution < -0.4 is 5.73 Å². The Bertz CT molecular complexity index is 469. The Morgan fingerprint density at radius 2 is 2.38 bits per heavy atom. The van der Waals surface area contributed by atoms with Crippen LogP contribution in [0, 0.1) is 6.92 Å². The molecular formula is C11H11NO2S2. The normalized spacial score (nSPS) is 10.3. The molecule has 2 aromatic heterocycles. The molecule has 0 amide bonds. The predicted molar refractivity (Wildman–Crippen MR) is 66.9 cm³/mol. The van der Waals surface area contributed by atoms with Gasteiger partial charge in [-0.1, -0.05) is 6.07 Å². The maximum absolute atomic E-state index is 11.6. The molecule has 3 nitrogen and oxygen atoms in total. The molecule has 0 aliphatic rings. The average molecular weight is 253 g/mol. The van der Waals surface area contributed by atoms with E-state index in [-0.39, 0.29) is 5.97 Å². The molecule has 16 heavy (non-hydrogen) atoms. The summed E-state index contributed by atoms with van der Waals surface area (Å²) in [5, 5.41) is 1.95. The Morgan fingerprint density at radius 3 is 2.94 bits per heavy atom. The highest BCUT2D eigenvalue weighted by Crippen LogP contribution is 2.24. The molecule has 2 heterocycles. The summed E-state index contributed by atoms with van der Waals surface area (Å²) in [4.78, 5) is 14.2. The van der Waals surface area contributed by atoms with Crippen LogP contribution in [0.3, 0.4) is 0 Å². The van der Waals surface area contributed by atoms with Crippen molar-refractivity contribution in [3.63, 3.8) is 0 Å². The number of nitrogens with two attached hydrogens (primary N) is 1. The van der Waals surface area contributed by atoms with Crippen LogP contribution in [-0.4, -0.2) is 5.97 Å². The summed E-state index contributed by atoms with van der Waals surface area (Å²) < 4.78 is 5.17. The van der Waals surface area contributed by atoms with Crippen LogP contribution >= 0.6 is 22.7 Å². The summed E-state index contributed by atoms with van der Waals surface area (Å²) in [7, 11) is 0. The van der Waals surface area contributed by atoms with E-state index in [1.165, 1.54) is 11.3 Å². The van der Waals surface area contributed by atoms with Gasteiger partial charge in [-0.25, -0.2) is 4.79 Å². The lowest BCUT2D eigenvalue weighted by atomic mass is 10.4. The average Bonchev–Trinajstić information content (AvgIpc) is 2.86. The molecule has 0 aliphatic carbocycles. The third kappa shape index (κ3) is 2.43. The number of ether oxygens (including phenoxy) is 1. The van der Waals surface area contributed by atoms with Crippen LogP contribution in [0.25, 0.3) is 0 Å². The molecule has 0 aromatic carbocycles. The van der Waals surface area contributed by atoms with E-state index in [2.05, 4.69) is 0 Å². The lowest BCUT2D eigenvalue weighted by molar-refractivity contribution is 0.0482. The second kappa shape index (κ2) is 4.67. The van der Waals surface area contributed by atoms with Crippen molar-refractivity contribution in [2.45, 2.75) is 13.5 Å². The molecule has 0 atom stereocenters. The summed E-state index contributed by atoms with van der Waals surface area (Å²) >= 11 is 2.93. The highest BCUT2D eigenvalue weighted by molar-refractivity contribution is 7.14. The number of hydrogen-bond acceptors (Lipinski definition) is 5. The van der Waals surface area contributed by atoms with Crippen LogP contribution in [0.4, 0.5) is 5.69 Å². The van der Waals surface area contributed by atoms with Gasteiger partial charge in [0.2, 0.25) is 0 Å². The Kier molecular flexibility index (Phi) is 3.26. The van der Waals surface area contributed by atoms with Gasteiger partial charge in [0.05, 0.1) is 0 Å². The zero-order valence-corrected chi connectivity index (χ0v) is 10.4. The van der Waals surface area contributed by atoms with E-state index < -0.39 is 0 Å².